The highest BCUT2D eigenvalue weighted by atomic mass is 35.5. The summed E-state index contributed by atoms with van der Waals surface area (Å²) in [4.78, 5) is 38.7. The normalized spacial score (nSPS) is 15.6. The molecule has 1 aliphatic heterocycles. The number of halogens is 1. The summed E-state index contributed by atoms with van der Waals surface area (Å²) >= 11 is 6.88. The Morgan fingerprint density at radius 1 is 1.29 bits per heavy atom. The number of hydrogen-bond acceptors (Lipinski definition) is 8. The van der Waals surface area contributed by atoms with Crippen LogP contribution in [0.1, 0.15) is 22.5 Å². The van der Waals surface area contributed by atoms with Crippen LogP contribution in [0.15, 0.2) is 41.3 Å². The molecule has 190 valence electrons. The van der Waals surface area contributed by atoms with Gasteiger partial charge in [-0.15, -0.1) is 11.3 Å². The molecule has 0 aliphatic carbocycles. The second-order valence-electron chi connectivity index (χ2n) is 7.58. The van der Waals surface area contributed by atoms with Gasteiger partial charge in [-0.25, -0.2) is 8.42 Å². The first-order valence-electron chi connectivity index (χ1n) is 10.5. The molecule has 0 bridgehead atoms. The largest absolute Gasteiger partial charge is 0.463 e. The predicted molar refractivity (Wildman–Crippen MR) is 134 cm³/mol. The number of esters is 1. The molecule has 2 amide bonds. The smallest absolute Gasteiger partial charge is 0.326 e. The number of amides is 2. The van der Waals surface area contributed by atoms with Crippen molar-refractivity contribution < 1.29 is 31.7 Å². The number of hydrogen-bond donors (Lipinski definition) is 2. The summed E-state index contributed by atoms with van der Waals surface area (Å²) in [5, 5.41) is 2.50. The van der Waals surface area contributed by atoms with Crippen molar-refractivity contribution in [2.45, 2.75) is 23.8 Å². The summed E-state index contributed by atoms with van der Waals surface area (Å²) in [5.74, 6) is -1.49. The molecule has 1 aliphatic rings. The van der Waals surface area contributed by atoms with E-state index in [2.05, 4.69) is 10.0 Å². The third-order valence-corrected chi connectivity index (χ3v) is 8.41. The maximum absolute atomic E-state index is 13.1. The predicted octanol–water partition coefficient (Wildman–Crippen LogP) is 1.53. The summed E-state index contributed by atoms with van der Waals surface area (Å²) in [5.41, 5.74) is 0.433. The van der Waals surface area contributed by atoms with Crippen LogP contribution in [0.3, 0.4) is 0 Å². The minimum atomic E-state index is -4.24. The van der Waals surface area contributed by atoms with Gasteiger partial charge in [0.25, 0.3) is 5.91 Å². The summed E-state index contributed by atoms with van der Waals surface area (Å²) in [6.07, 6.45) is 2.51. The number of sulfonamides is 1. The maximum Gasteiger partial charge on any atom is 0.326 e. The highest BCUT2D eigenvalue weighted by Crippen LogP contribution is 2.24. The molecular formula is C21H24ClN3O7S3. The van der Waals surface area contributed by atoms with Crippen molar-refractivity contribution in [2.24, 2.45) is 0 Å². The van der Waals surface area contributed by atoms with Gasteiger partial charge in [-0.3, -0.25) is 18.6 Å². The molecule has 14 heteroatoms. The van der Waals surface area contributed by atoms with Crippen LogP contribution in [-0.4, -0.2) is 68.2 Å². The molecular weight excluding hydrogens is 538 g/mol. The molecule has 0 saturated carbocycles. The number of anilines is 1. The molecule has 35 heavy (non-hydrogen) atoms. The van der Waals surface area contributed by atoms with E-state index in [1.807, 2.05) is 0 Å². The third kappa shape index (κ3) is 7.58. The van der Waals surface area contributed by atoms with Crippen molar-refractivity contribution in [3.8, 4) is 0 Å². The van der Waals surface area contributed by atoms with Gasteiger partial charge in [0, 0.05) is 42.3 Å². The lowest BCUT2D eigenvalue weighted by Gasteiger charge is -2.20. The summed E-state index contributed by atoms with van der Waals surface area (Å²) in [6, 6.07) is 7.40. The highest BCUT2D eigenvalue weighted by molar-refractivity contribution is 7.89. The number of carbonyl (C=O) groups excluding carboxylic acids is 3. The van der Waals surface area contributed by atoms with Crippen molar-refractivity contribution in [1.82, 2.24) is 10.0 Å². The Labute approximate surface area is 214 Å². The van der Waals surface area contributed by atoms with Gasteiger partial charge in [-0.05, 0) is 36.8 Å². The van der Waals surface area contributed by atoms with Crippen molar-refractivity contribution >= 4 is 67.2 Å². The van der Waals surface area contributed by atoms with Crippen LogP contribution in [0.25, 0.3) is 0 Å². The monoisotopic (exact) mass is 561 g/mol. The molecule has 2 atom stereocenters. The lowest BCUT2D eigenvalue weighted by atomic mass is 10.3. The van der Waals surface area contributed by atoms with Gasteiger partial charge < -0.3 is 15.0 Å². The molecule has 1 unspecified atom stereocenters. The SMILES string of the molecule is CS(=O)CCOC(=O)[C@H](CNC(=O)c1ccc(Cl)s1)NS(=O)(=O)c1cccc(N2CCCC2=O)c1. The second kappa shape index (κ2) is 12.1. The first-order valence-corrected chi connectivity index (χ1v) is 14.9. The van der Waals surface area contributed by atoms with Crippen molar-refractivity contribution in [3.05, 3.63) is 45.6 Å². The van der Waals surface area contributed by atoms with Crippen molar-refractivity contribution in [2.75, 3.05) is 36.6 Å². The minimum absolute atomic E-state index is 0.0805. The van der Waals surface area contributed by atoms with Crippen LogP contribution in [0.5, 0.6) is 0 Å². The Balaban J connectivity index is 1.76. The molecule has 1 aromatic heterocycles. The van der Waals surface area contributed by atoms with Gasteiger partial charge >= 0.3 is 5.97 Å². The summed E-state index contributed by atoms with van der Waals surface area (Å²) < 4.78 is 45.2. The van der Waals surface area contributed by atoms with Gasteiger partial charge in [-0.1, -0.05) is 17.7 Å². The average Bonchev–Trinajstić information content (AvgIpc) is 3.44. The third-order valence-electron chi connectivity index (χ3n) is 4.97. The molecule has 1 fully saturated rings. The Hall–Kier alpha value is -2.32. The fraction of sp³-hybridized carbons (Fsp3) is 0.381. The van der Waals surface area contributed by atoms with Crippen LogP contribution in [0.2, 0.25) is 4.34 Å². The molecule has 10 nitrogen and oxygen atoms in total. The maximum atomic E-state index is 13.1. The zero-order valence-electron chi connectivity index (χ0n) is 18.7. The van der Waals surface area contributed by atoms with Gasteiger partial charge in [0.05, 0.1) is 19.9 Å². The minimum Gasteiger partial charge on any atom is -0.463 e. The van der Waals surface area contributed by atoms with Gasteiger partial charge in [0.1, 0.15) is 12.6 Å². The number of rotatable bonds is 11. The van der Waals surface area contributed by atoms with E-state index in [0.29, 0.717) is 29.4 Å². The molecule has 3 rings (SSSR count). The molecule has 2 aromatic rings. The van der Waals surface area contributed by atoms with E-state index in [1.54, 1.807) is 12.1 Å². The molecule has 0 radical (unpaired) electrons. The van der Waals surface area contributed by atoms with E-state index in [-0.39, 0.29) is 28.0 Å². The quantitative estimate of drug-likeness (QED) is 0.397. The van der Waals surface area contributed by atoms with Crippen LogP contribution in [-0.2, 0) is 35.1 Å². The van der Waals surface area contributed by atoms with E-state index in [0.717, 1.165) is 11.3 Å². The van der Waals surface area contributed by atoms with E-state index < -0.39 is 45.3 Å². The summed E-state index contributed by atoms with van der Waals surface area (Å²) in [7, 11) is -5.46. The number of thiophene rings is 1. The van der Waals surface area contributed by atoms with Gasteiger partial charge in [0.15, 0.2) is 0 Å². The van der Waals surface area contributed by atoms with Crippen molar-refractivity contribution in [3.63, 3.8) is 0 Å². The standard InChI is InChI=1S/C21H24ClN3O7S3/c1-34(29)11-10-32-21(28)16(13-23-20(27)17-7-8-18(22)33-17)24-35(30,31)15-5-2-4-14(12-15)25-9-3-6-19(25)26/h2,4-5,7-8,12,16,24H,3,6,9-11,13H2,1H3,(H,23,27)/t16-,34?/m0/s1. The average molecular weight is 562 g/mol. The first-order chi connectivity index (χ1) is 16.6. The number of nitrogens with one attached hydrogen (secondary N) is 2. The first kappa shape index (κ1) is 27.3. The fourth-order valence-corrected chi connectivity index (χ4v) is 5.75. The lowest BCUT2D eigenvalue weighted by molar-refractivity contribution is -0.144. The van der Waals surface area contributed by atoms with Crippen LogP contribution >= 0.6 is 22.9 Å². The summed E-state index contributed by atoms with van der Waals surface area (Å²) in [6.45, 7) is -0.0879. The van der Waals surface area contributed by atoms with Crippen molar-refractivity contribution in [1.29, 1.82) is 0 Å². The Bertz CT molecular complexity index is 1230. The van der Waals surface area contributed by atoms with Crippen LogP contribution in [0.4, 0.5) is 5.69 Å². The highest BCUT2D eigenvalue weighted by Gasteiger charge is 2.29. The zero-order chi connectivity index (χ0) is 25.6. The van der Waals surface area contributed by atoms with E-state index in [4.69, 9.17) is 16.3 Å². The Morgan fingerprint density at radius 3 is 2.69 bits per heavy atom. The number of benzene rings is 1. The second-order valence-corrected chi connectivity index (χ2v) is 12.6. The van der Waals surface area contributed by atoms with E-state index in [9.17, 15) is 27.0 Å². The van der Waals surface area contributed by atoms with Gasteiger partial charge in [0.2, 0.25) is 15.9 Å². The van der Waals surface area contributed by atoms with E-state index >= 15 is 0 Å². The molecule has 2 heterocycles. The molecule has 2 N–H and O–H groups in total. The molecule has 1 aromatic carbocycles. The number of carbonyl (C=O) groups is 3. The van der Waals surface area contributed by atoms with Crippen LogP contribution < -0.4 is 14.9 Å². The Morgan fingerprint density at radius 2 is 2.06 bits per heavy atom. The van der Waals surface area contributed by atoms with Gasteiger partial charge in [-0.2, -0.15) is 4.72 Å². The number of ether oxygens (including phenoxy) is 1. The number of nitrogens with zero attached hydrogens (tertiary/aromatic N) is 1. The molecule has 1 saturated heterocycles. The zero-order valence-corrected chi connectivity index (χ0v) is 21.9. The lowest BCUT2D eigenvalue weighted by Crippen LogP contribution is -2.49. The Kier molecular flexibility index (Phi) is 9.41. The topological polar surface area (TPSA) is 139 Å². The molecule has 0 spiro atoms. The fourth-order valence-electron chi connectivity index (χ4n) is 3.25. The van der Waals surface area contributed by atoms with Crippen LogP contribution in [0, 0.1) is 0 Å². The van der Waals surface area contributed by atoms with E-state index in [1.165, 1.54) is 35.4 Å².